The normalized spacial score (nSPS) is 9.27. The molecule has 0 fully saturated rings. The Bertz CT molecular complexity index is 703. The monoisotopic (exact) mass is 307 g/mol. The second-order valence-electron chi connectivity index (χ2n) is 3.78. The minimum Gasteiger partial charge on any atom is -0.508 e. The Kier molecular flexibility index (Phi) is 5.46. The Morgan fingerprint density at radius 2 is 1.27 bits per heavy atom. The lowest BCUT2D eigenvalue weighted by Crippen LogP contribution is -1.98. The second-order valence-corrected chi connectivity index (χ2v) is 3.78. The van der Waals surface area contributed by atoms with Crippen molar-refractivity contribution in [3.8, 4) is 5.75 Å². The van der Waals surface area contributed by atoms with Gasteiger partial charge in [-0.1, -0.05) is 18.2 Å². The van der Waals surface area contributed by atoms with Crippen LogP contribution in [0.5, 0.6) is 5.75 Å². The smallest absolute Gasteiger partial charge is 0.352 e. The van der Waals surface area contributed by atoms with Gasteiger partial charge in [0.25, 0.3) is 5.69 Å². The average Bonchev–Trinajstić information content (AvgIpc) is 2.47. The molecule has 0 aliphatic carbocycles. The van der Waals surface area contributed by atoms with E-state index in [-0.39, 0.29) is 0 Å². The maximum absolute atomic E-state index is 10.4. The van der Waals surface area contributed by atoms with Crippen LogP contribution >= 0.6 is 0 Å². The van der Waals surface area contributed by atoms with Crippen molar-refractivity contribution in [3.05, 3.63) is 78.9 Å². The van der Waals surface area contributed by atoms with Crippen LogP contribution in [0.15, 0.2) is 48.5 Å². The van der Waals surface area contributed by atoms with Crippen LogP contribution in [0.3, 0.4) is 0 Å². The van der Waals surface area contributed by atoms with Crippen molar-refractivity contribution >= 4 is 17.1 Å². The third-order valence-electron chi connectivity index (χ3n) is 2.32. The van der Waals surface area contributed by atoms with E-state index in [1.807, 2.05) is 6.07 Å². The van der Waals surface area contributed by atoms with Crippen molar-refractivity contribution in [2.75, 3.05) is 0 Å². The molecule has 0 aliphatic heterocycles. The van der Waals surface area contributed by atoms with Crippen LogP contribution in [0.2, 0.25) is 0 Å². The van der Waals surface area contributed by atoms with Crippen molar-refractivity contribution in [3.63, 3.8) is 0 Å². The Hall–Kier alpha value is -3.56. The lowest BCUT2D eigenvalue weighted by molar-refractivity contribution is -0.424. The highest BCUT2D eigenvalue weighted by Crippen LogP contribution is 2.30. The number of benzene rings is 2. The van der Waals surface area contributed by atoms with E-state index in [1.165, 1.54) is 0 Å². The summed E-state index contributed by atoms with van der Waals surface area (Å²) in [5, 5.41) is 39.6. The topological polar surface area (TPSA) is 150 Å². The molecule has 0 heterocycles. The summed E-state index contributed by atoms with van der Waals surface area (Å²) < 4.78 is 0. The summed E-state index contributed by atoms with van der Waals surface area (Å²) in [4.78, 5) is 28.1. The molecule has 0 aliphatic rings. The molecule has 0 atom stereocenters. The fourth-order valence-electron chi connectivity index (χ4n) is 1.35. The maximum atomic E-state index is 10.4. The van der Waals surface area contributed by atoms with Crippen molar-refractivity contribution in [2.45, 2.75) is 0 Å². The number of phenolic OH excluding ortho intramolecular Hbond substituents is 1. The highest BCUT2D eigenvalue weighted by atomic mass is 16.6. The first-order chi connectivity index (χ1) is 10.3. The van der Waals surface area contributed by atoms with Crippen LogP contribution in [0.4, 0.5) is 17.1 Å². The van der Waals surface area contributed by atoms with E-state index >= 15 is 0 Å². The number of nitro benzene ring substituents is 3. The van der Waals surface area contributed by atoms with Crippen LogP contribution in [0, 0.1) is 30.3 Å². The Balaban J connectivity index is 0.000000287. The predicted octanol–water partition coefficient (Wildman–Crippen LogP) is 2.80. The number of nitrogens with zero attached hydrogens (tertiary/aromatic N) is 3. The summed E-state index contributed by atoms with van der Waals surface area (Å²) >= 11 is 0. The Morgan fingerprint density at radius 1 is 0.727 bits per heavy atom. The Labute approximate surface area is 122 Å². The molecule has 0 spiro atoms. The first kappa shape index (κ1) is 16.5. The summed E-state index contributed by atoms with van der Waals surface area (Å²) in [6, 6.07) is 10.8. The van der Waals surface area contributed by atoms with Gasteiger partial charge < -0.3 is 5.11 Å². The molecule has 2 rings (SSSR count). The molecular formula is C12H9N3O7. The lowest BCUT2D eigenvalue weighted by atomic mass is 10.2. The first-order valence-electron chi connectivity index (χ1n) is 5.64. The largest absolute Gasteiger partial charge is 0.508 e. The third kappa shape index (κ3) is 4.52. The second kappa shape index (κ2) is 7.28. The van der Waals surface area contributed by atoms with Gasteiger partial charge in [-0.05, 0) is 12.1 Å². The molecule has 114 valence electrons. The molecule has 10 heteroatoms. The van der Waals surface area contributed by atoms with Gasteiger partial charge in [0.2, 0.25) is 0 Å². The molecule has 2 aromatic rings. The molecule has 0 saturated heterocycles. The minimum absolute atomic E-state index is 0.322. The van der Waals surface area contributed by atoms with Crippen molar-refractivity contribution in [2.24, 2.45) is 0 Å². The summed E-state index contributed by atoms with van der Waals surface area (Å²) in [7, 11) is 0. The molecule has 2 aromatic carbocycles. The molecule has 0 bridgehead atoms. The molecule has 0 amide bonds. The Morgan fingerprint density at radius 3 is 1.64 bits per heavy atom. The molecule has 0 radical (unpaired) electrons. The number of hydrogen-bond donors (Lipinski definition) is 1. The van der Waals surface area contributed by atoms with Crippen LogP contribution in [0.1, 0.15) is 0 Å². The van der Waals surface area contributed by atoms with Gasteiger partial charge in [-0.3, -0.25) is 30.3 Å². The molecular weight excluding hydrogens is 298 g/mol. The maximum Gasteiger partial charge on any atom is 0.352 e. The van der Waals surface area contributed by atoms with Gasteiger partial charge in [0, 0.05) is 12.1 Å². The predicted molar refractivity (Wildman–Crippen MR) is 74.5 cm³/mol. The molecule has 22 heavy (non-hydrogen) atoms. The van der Waals surface area contributed by atoms with Gasteiger partial charge in [0.1, 0.15) is 11.8 Å². The van der Waals surface area contributed by atoms with Gasteiger partial charge >= 0.3 is 11.4 Å². The number of nitro groups is 3. The van der Waals surface area contributed by atoms with Crippen LogP contribution in [-0.2, 0) is 0 Å². The van der Waals surface area contributed by atoms with E-state index in [0.29, 0.717) is 11.8 Å². The van der Waals surface area contributed by atoms with Gasteiger partial charge in [-0.25, -0.2) is 0 Å². The zero-order valence-electron chi connectivity index (χ0n) is 10.9. The van der Waals surface area contributed by atoms with Gasteiger partial charge in [0.05, 0.1) is 14.8 Å². The average molecular weight is 307 g/mol. The molecule has 10 nitrogen and oxygen atoms in total. The van der Waals surface area contributed by atoms with E-state index in [1.54, 1.807) is 24.3 Å². The number of phenols is 1. The highest BCUT2D eigenvalue weighted by molar-refractivity contribution is 5.57. The van der Waals surface area contributed by atoms with Crippen molar-refractivity contribution in [1.82, 2.24) is 0 Å². The molecule has 0 saturated carbocycles. The molecule has 0 aromatic heterocycles. The van der Waals surface area contributed by atoms with Crippen molar-refractivity contribution in [1.29, 1.82) is 0 Å². The highest BCUT2D eigenvalue weighted by Gasteiger charge is 2.27. The van der Waals surface area contributed by atoms with E-state index in [9.17, 15) is 30.3 Å². The van der Waals surface area contributed by atoms with Crippen molar-refractivity contribution < 1.29 is 19.9 Å². The first-order valence-corrected chi connectivity index (χ1v) is 5.64. The van der Waals surface area contributed by atoms with Gasteiger partial charge in [-0.2, -0.15) is 0 Å². The van der Waals surface area contributed by atoms with E-state index in [0.717, 1.165) is 12.1 Å². The summed E-state index contributed by atoms with van der Waals surface area (Å²) in [6.45, 7) is 0. The van der Waals surface area contributed by atoms with E-state index in [4.69, 9.17) is 5.11 Å². The van der Waals surface area contributed by atoms with Crippen LogP contribution in [-0.4, -0.2) is 19.9 Å². The summed E-state index contributed by atoms with van der Waals surface area (Å²) in [6.07, 6.45) is 0. The van der Waals surface area contributed by atoms with Crippen LogP contribution in [0.25, 0.3) is 0 Å². The summed E-state index contributed by atoms with van der Waals surface area (Å²) in [5.41, 5.74) is -2.23. The zero-order chi connectivity index (χ0) is 16.7. The number of para-hydroxylation sites is 1. The van der Waals surface area contributed by atoms with Gasteiger partial charge in [0.15, 0.2) is 0 Å². The lowest BCUT2D eigenvalue weighted by Gasteiger charge is -1.94. The number of rotatable bonds is 3. The minimum atomic E-state index is -1.04. The van der Waals surface area contributed by atoms with Gasteiger partial charge in [-0.15, -0.1) is 0 Å². The molecule has 1 N–H and O–H groups in total. The number of aromatic hydroxyl groups is 1. The summed E-state index contributed by atoms with van der Waals surface area (Å²) in [5.74, 6) is 0.322. The zero-order valence-corrected chi connectivity index (χ0v) is 10.9. The number of hydrogen-bond acceptors (Lipinski definition) is 7. The quantitative estimate of drug-likeness (QED) is 0.676. The fraction of sp³-hybridized carbons (Fsp3) is 0. The van der Waals surface area contributed by atoms with E-state index < -0.39 is 31.8 Å². The SMILES string of the molecule is O=[N+]([O-])c1ccc([N+](=O)[O-])c([N+](=O)[O-])c1.Oc1ccccc1. The van der Waals surface area contributed by atoms with E-state index in [2.05, 4.69) is 0 Å². The molecule has 0 unspecified atom stereocenters. The standard InChI is InChI=1S/C6H3N3O6.C6H6O/c10-7(11)4-1-2-5(8(12)13)6(3-4)9(14)15;7-6-4-2-1-3-5-6/h1-3H;1-5,7H. The fourth-order valence-corrected chi connectivity index (χ4v) is 1.35. The third-order valence-corrected chi connectivity index (χ3v) is 2.32. The number of non-ortho nitro benzene ring substituents is 1. The van der Waals surface area contributed by atoms with Crippen LogP contribution < -0.4 is 0 Å².